The normalized spacial score (nSPS) is 9.76. The summed E-state index contributed by atoms with van der Waals surface area (Å²) in [5, 5.41) is 5.15. The van der Waals surface area contributed by atoms with Gasteiger partial charge in [0.1, 0.15) is 11.6 Å². The number of hydrogen-bond acceptors (Lipinski definition) is 9. The zero-order valence-electron chi connectivity index (χ0n) is 23.9. The van der Waals surface area contributed by atoms with E-state index in [9.17, 15) is 24.0 Å². The minimum Gasteiger partial charge on any atom is -0.381 e. The van der Waals surface area contributed by atoms with Crippen LogP contribution in [-0.4, -0.2) is 93.9 Å². The van der Waals surface area contributed by atoms with Crippen LogP contribution in [-0.2, 0) is 125 Å². The third-order valence-corrected chi connectivity index (χ3v) is 5.24. The van der Waals surface area contributed by atoms with E-state index in [-0.39, 0.29) is 137 Å². The van der Waals surface area contributed by atoms with Crippen LogP contribution in [0.1, 0.15) is 73.6 Å². The van der Waals surface area contributed by atoms with Crippen molar-refractivity contribution in [3.8, 4) is 0 Å². The zero-order valence-corrected chi connectivity index (χ0v) is 33.3. The van der Waals surface area contributed by atoms with Crippen LogP contribution in [0.15, 0.2) is 0 Å². The second-order valence-electron chi connectivity index (χ2n) is 8.02. The van der Waals surface area contributed by atoms with Crippen molar-refractivity contribution in [3.05, 3.63) is 6.92 Å². The van der Waals surface area contributed by atoms with Gasteiger partial charge in [-0.05, 0) is 32.9 Å². The first-order valence-corrected chi connectivity index (χ1v) is 13.6. The number of carbonyl (C=O) groups excluding carboxylic acids is 5. The molecule has 41 heavy (non-hydrogen) atoms. The van der Waals surface area contributed by atoms with Gasteiger partial charge in [-0.2, -0.15) is 11.8 Å². The number of thioether (sulfide) groups is 1. The average Bonchev–Trinajstić information content (AvgIpc) is 2.81. The molecular formula is C27H53N2O8SWY2-. The molecule has 0 heterocycles. The van der Waals surface area contributed by atoms with E-state index in [0.29, 0.717) is 64.7 Å². The second-order valence-corrected chi connectivity index (χ2v) is 8.93. The van der Waals surface area contributed by atoms with E-state index >= 15 is 0 Å². The predicted molar refractivity (Wildman–Crippen MR) is 154 cm³/mol. The van der Waals surface area contributed by atoms with Crippen LogP contribution in [0.25, 0.3) is 0 Å². The minimum absolute atomic E-state index is 0. The maximum Gasteiger partial charge on any atom is 0.222 e. The van der Waals surface area contributed by atoms with Crippen LogP contribution >= 0.6 is 11.8 Å². The molecule has 1 unspecified atom stereocenters. The number of hydrogen-bond donors (Lipinski definition) is 2. The first kappa shape index (κ1) is 57.6. The fourth-order valence-corrected chi connectivity index (χ4v) is 3.10. The summed E-state index contributed by atoms with van der Waals surface area (Å²) in [5.41, 5.74) is 0. The van der Waals surface area contributed by atoms with Crippen molar-refractivity contribution in [1.82, 2.24) is 10.6 Å². The molecule has 2 N–H and O–H groups in total. The SMILES string of the molecule is C.C.CNC(=O)CCOCCOCCC(C)=O.[CH2-]C(=O)C(CSC)NC(=O)CCOCCCCCC(C)=O.[W].[Y].[Y]. The van der Waals surface area contributed by atoms with E-state index in [0.717, 1.165) is 19.3 Å². The molecule has 0 spiro atoms. The molecule has 14 heteroatoms. The first-order valence-electron chi connectivity index (χ1n) is 12.2. The Bertz CT molecular complexity index is 650. The molecule has 0 saturated heterocycles. The van der Waals surface area contributed by atoms with Gasteiger partial charge < -0.3 is 41.4 Å². The Morgan fingerprint density at radius 3 is 1.61 bits per heavy atom. The molecule has 0 bridgehead atoms. The number of nitrogens with one attached hydrogen (secondary N) is 2. The van der Waals surface area contributed by atoms with E-state index in [1.807, 2.05) is 6.26 Å². The number of rotatable bonds is 22. The number of Topliss-reactive ketones (excluding diaryl/α,β-unsaturated/α-hetero) is 3. The monoisotopic (exact) mass is 927 g/mol. The fourth-order valence-electron chi connectivity index (χ4n) is 2.50. The van der Waals surface area contributed by atoms with Crippen LogP contribution in [0.4, 0.5) is 0 Å². The fraction of sp³-hybridized carbons (Fsp3) is 0.778. The molecule has 0 saturated carbocycles. The smallest absolute Gasteiger partial charge is 0.222 e. The Labute approximate surface area is 318 Å². The van der Waals surface area contributed by atoms with Gasteiger partial charge in [0.25, 0.3) is 0 Å². The molecule has 0 aromatic heterocycles. The number of amides is 2. The molecule has 238 valence electrons. The number of carbonyl (C=O) groups is 5. The summed E-state index contributed by atoms with van der Waals surface area (Å²) >= 11 is 1.49. The molecule has 0 aliphatic rings. The number of unbranched alkanes of at least 4 members (excludes halogenated alkanes) is 2. The van der Waals surface area contributed by atoms with Crippen LogP contribution in [0.2, 0.25) is 0 Å². The Balaban J connectivity index is -0.000000105. The predicted octanol–water partition coefficient (Wildman–Crippen LogP) is 3.19. The molecule has 0 rings (SSSR count). The van der Waals surface area contributed by atoms with Gasteiger partial charge in [0, 0.05) is 137 Å². The van der Waals surface area contributed by atoms with Gasteiger partial charge in [-0.1, -0.05) is 21.3 Å². The van der Waals surface area contributed by atoms with Gasteiger partial charge in [0.05, 0.1) is 39.1 Å². The van der Waals surface area contributed by atoms with Crippen LogP contribution in [0.5, 0.6) is 0 Å². The largest absolute Gasteiger partial charge is 0.381 e. The zero-order chi connectivity index (χ0) is 27.6. The van der Waals surface area contributed by atoms with Crippen molar-refractivity contribution < 1.29 is 125 Å². The Hall–Kier alpha value is 0.946. The summed E-state index contributed by atoms with van der Waals surface area (Å²) in [4.78, 5) is 54.8. The summed E-state index contributed by atoms with van der Waals surface area (Å²) in [6.07, 6.45) is 6.28. The van der Waals surface area contributed by atoms with Crippen molar-refractivity contribution in [2.45, 2.75) is 79.7 Å². The summed E-state index contributed by atoms with van der Waals surface area (Å²) in [5.74, 6) is 0.368. The molecule has 10 nitrogen and oxygen atoms in total. The number of ketones is 3. The Morgan fingerprint density at radius 1 is 0.707 bits per heavy atom. The molecule has 0 aliphatic heterocycles. The Morgan fingerprint density at radius 2 is 1.17 bits per heavy atom. The third-order valence-electron chi connectivity index (χ3n) is 4.57. The maximum absolute atomic E-state index is 11.6. The van der Waals surface area contributed by atoms with Crippen LogP contribution < -0.4 is 10.6 Å². The standard InChI is InChI=1S/C15H26NO4S.C10H19NO4.2CH4.W.2Y/c1-12(17)7-5-4-6-9-20-10-8-15(19)16-14(11-21-3)13(2)18;1-9(12)3-5-14-7-8-15-6-4-10(13)11-2;;;;;/h14H,2,4-11H2,1,3H3,(H,16,19);3-8H2,1-2H3,(H,11,13);2*1H4;;;/q-1;;;;;;. The second kappa shape index (κ2) is 43.1. The first-order chi connectivity index (χ1) is 17.1. The van der Waals surface area contributed by atoms with E-state index in [1.165, 1.54) is 18.7 Å². The van der Waals surface area contributed by atoms with Crippen LogP contribution in [0.3, 0.4) is 0 Å². The van der Waals surface area contributed by atoms with Crippen molar-refractivity contribution in [2.24, 2.45) is 0 Å². The average molecular weight is 927 g/mol. The van der Waals surface area contributed by atoms with Crippen molar-refractivity contribution in [1.29, 1.82) is 0 Å². The summed E-state index contributed by atoms with van der Waals surface area (Å²) in [6, 6.07) is -0.515. The van der Waals surface area contributed by atoms with Gasteiger partial charge in [-0.15, -0.1) is 0 Å². The van der Waals surface area contributed by atoms with Crippen LogP contribution in [0, 0.1) is 6.92 Å². The van der Waals surface area contributed by atoms with E-state index < -0.39 is 6.04 Å². The molecular weight excluding hydrogens is 874 g/mol. The molecule has 1 atom stereocenters. The molecule has 2 radical (unpaired) electrons. The van der Waals surface area contributed by atoms with Gasteiger partial charge >= 0.3 is 0 Å². The van der Waals surface area contributed by atoms with Crippen molar-refractivity contribution in [3.63, 3.8) is 0 Å². The van der Waals surface area contributed by atoms with Gasteiger partial charge in [-0.25, -0.2) is 0 Å². The van der Waals surface area contributed by atoms with Crippen molar-refractivity contribution in [2.75, 3.05) is 58.7 Å². The van der Waals surface area contributed by atoms with E-state index in [2.05, 4.69) is 17.6 Å². The molecule has 2 amide bonds. The molecule has 0 aromatic carbocycles. The molecule has 0 aromatic rings. The summed E-state index contributed by atoms with van der Waals surface area (Å²) < 4.78 is 15.6. The summed E-state index contributed by atoms with van der Waals surface area (Å²) in [6.45, 7) is 9.15. The summed E-state index contributed by atoms with van der Waals surface area (Å²) in [7, 11) is 1.59. The quantitative estimate of drug-likeness (QED) is 0.124. The number of ether oxygens (including phenoxy) is 3. The van der Waals surface area contributed by atoms with E-state index in [1.54, 1.807) is 14.0 Å². The van der Waals surface area contributed by atoms with Gasteiger partial charge in [-0.3, -0.25) is 14.4 Å². The molecule has 0 aliphatic carbocycles. The van der Waals surface area contributed by atoms with E-state index in [4.69, 9.17) is 14.2 Å². The minimum atomic E-state index is -0.515. The topological polar surface area (TPSA) is 137 Å². The van der Waals surface area contributed by atoms with Gasteiger partial charge in [0.15, 0.2) is 0 Å². The maximum atomic E-state index is 11.6. The van der Waals surface area contributed by atoms with Crippen molar-refractivity contribution >= 4 is 40.9 Å². The molecule has 0 fully saturated rings. The van der Waals surface area contributed by atoms with Gasteiger partial charge in [0.2, 0.25) is 11.8 Å². The third kappa shape index (κ3) is 48.1. The Kier molecular flexibility index (Phi) is 60.5.